The lowest BCUT2D eigenvalue weighted by Gasteiger charge is -2.20. The van der Waals surface area contributed by atoms with Crippen LogP contribution in [0.3, 0.4) is 0 Å². The van der Waals surface area contributed by atoms with E-state index in [0.29, 0.717) is 6.04 Å². The number of benzene rings is 2. The largest absolute Gasteiger partial charge is 0.310 e. The Morgan fingerprint density at radius 2 is 1.89 bits per heavy atom. The van der Waals surface area contributed by atoms with Crippen LogP contribution < -0.4 is 5.32 Å². The van der Waals surface area contributed by atoms with Gasteiger partial charge in [0.05, 0.1) is 0 Å². The van der Waals surface area contributed by atoms with Crippen molar-refractivity contribution in [2.24, 2.45) is 0 Å². The molecule has 0 saturated carbocycles. The van der Waals surface area contributed by atoms with Crippen LogP contribution in [0.1, 0.15) is 29.7 Å². The lowest BCUT2D eigenvalue weighted by atomic mass is 9.95. The maximum absolute atomic E-state index is 6.06. The third kappa shape index (κ3) is 3.82. The average Bonchev–Trinajstić information content (AvgIpc) is 2.39. The van der Waals surface area contributed by atoms with Gasteiger partial charge in [-0.25, -0.2) is 0 Å². The zero-order valence-corrected chi connectivity index (χ0v) is 12.2. The summed E-state index contributed by atoms with van der Waals surface area (Å²) in [4.78, 5) is 0. The van der Waals surface area contributed by atoms with Crippen molar-refractivity contribution >= 4 is 11.6 Å². The molecule has 1 N–H and O–H groups in total. The molecule has 2 aromatic rings. The third-order valence-electron chi connectivity index (χ3n) is 3.34. The van der Waals surface area contributed by atoms with Crippen LogP contribution in [0.4, 0.5) is 0 Å². The highest BCUT2D eigenvalue weighted by atomic mass is 35.5. The fourth-order valence-corrected chi connectivity index (χ4v) is 2.63. The first-order chi connectivity index (χ1) is 9.20. The number of hydrogen-bond acceptors (Lipinski definition) is 1. The number of nitrogens with one attached hydrogen (secondary N) is 1. The predicted octanol–water partition coefficient (Wildman–Crippen LogP) is 4.54. The molecule has 100 valence electrons. The molecule has 1 atom stereocenters. The van der Waals surface area contributed by atoms with E-state index in [2.05, 4.69) is 49.5 Å². The van der Waals surface area contributed by atoms with Crippen molar-refractivity contribution < 1.29 is 0 Å². The van der Waals surface area contributed by atoms with Gasteiger partial charge in [0.1, 0.15) is 0 Å². The van der Waals surface area contributed by atoms with Crippen molar-refractivity contribution in [3.63, 3.8) is 0 Å². The number of aryl methyl sites for hydroxylation is 1. The Balaban J connectivity index is 2.24. The maximum Gasteiger partial charge on any atom is 0.0408 e. The van der Waals surface area contributed by atoms with Crippen molar-refractivity contribution in [1.82, 2.24) is 5.32 Å². The molecule has 0 aliphatic carbocycles. The van der Waals surface area contributed by atoms with Gasteiger partial charge in [-0.2, -0.15) is 0 Å². The smallest absolute Gasteiger partial charge is 0.0408 e. The van der Waals surface area contributed by atoms with Crippen molar-refractivity contribution in [3.8, 4) is 0 Å². The monoisotopic (exact) mass is 273 g/mol. The van der Waals surface area contributed by atoms with Crippen molar-refractivity contribution in [2.45, 2.75) is 26.3 Å². The molecule has 0 bridgehead atoms. The summed E-state index contributed by atoms with van der Waals surface area (Å²) in [6, 6.07) is 17.0. The second kappa shape index (κ2) is 6.74. The van der Waals surface area contributed by atoms with E-state index in [1.54, 1.807) is 0 Å². The Labute approximate surface area is 120 Å². The molecule has 0 aliphatic heterocycles. The van der Waals surface area contributed by atoms with Gasteiger partial charge in [0.2, 0.25) is 0 Å². The molecular formula is C17H20ClN. The molecule has 0 amide bonds. The van der Waals surface area contributed by atoms with E-state index in [0.717, 1.165) is 18.0 Å². The van der Waals surface area contributed by atoms with Crippen LogP contribution in [-0.4, -0.2) is 6.54 Å². The molecule has 1 unspecified atom stereocenters. The van der Waals surface area contributed by atoms with Crippen LogP contribution in [0.25, 0.3) is 0 Å². The van der Waals surface area contributed by atoms with Gasteiger partial charge < -0.3 is 5.32 Å². The fraction of sp³-hybridized carbons (Fsp3) is 0.294. The highest BCUT2D eigenvalue weighted by Crippen LogP contribution is 2.23. The van der Waals surface area contributed by atoms with E-state index < -0.39 is 0 Å². The highest BCUT2D eigenvalue weighted by Gasteiger charge is 2.13. The van der Waals surface area contributed by atoms with Crippen LogP contribution in [0.5, 0.6) is 0 Å². The van der Waals surface area contributed by atoms with Crippen LogP contribution in [-0.2, 0) is 6.42 Å². The van der Waals surface area contributed by atoms with Crippen molar-refractivity contribution in [2.75, 3.05) is 6.54 Å². The van der Waals surface area contributed by atoms with Gasteiger partial charge in [-0.15, -0.1) is 0 Å². The Morgan fingerprint density at radius 3 is 2.58 bits per heavy atom. The van der Waals surface area contributed by atoms with E-state index in [1.807, 2.05) is 18.2 Å². The summed E-state index contributed by atoms with van der Waals surface area (Å²) < 4.78 is 0. The summed E-state index contributed by atoms with van der Waals surface area (Å²) in [5.74, 6) is 0. The fourth-order valence-electron chi connectivity index (χ4n) is 2.42. The maximum atomic E-state index is 6.06. The number of halogens is 1. The minimum Gasteiger partial charge on any atom is -0.310 e. The minimum absolute atomic E-state index is 0.338. The van der Waals surface area contributed by atoms with Crippen LogP contribution in [0.2, 0.25) is 5.02 Å². The van der Waals surface area contributed by atoms with Crippen LogP contribution in [0, 0.1) is 6.92 Å². The summed E-state index contributed by atoms with van der Waals surface area (Å²) in [6.07, 6.45) is 0.958. The van der Waals surface area contributed by atoms with Crippen molar-refractivity contribution in [1.29, 1.82) is 0 Å². The molecule has 19 heavy (non-hydrogen) atoms. The van der Waals surface area contributed by atoms with Crippen LogP contribution in [0.15, 0.2) is 48.5 Å². The highest BCUT2D eigenvalue weighted by molar-refractivity contribution is 6.30. The molecule has 0 saturated heterocycles. The molecule has 0 spiro atoms. The summed E-state index contributed by atoms with van der Waals surface area (Å²) in [5.41, 5.74) is 3.96. The first kappa shape index (κ1) is 14.1. The summed E-state index contributed by atoms with van der Waals surface area (Å²) >= 11 is 6.06. The molecular weight excluding hydrogens is 254 g/mol. The standard InChI is InChI=1S/C17H20ClN/c1-3-19-17(16-10-5-4-7-13(16)2)12-14-8-6-9-15(18)11-14/h4-11,17,19H,3,12H2,1-2H3. The molecule has 1 nitrogen and oxygen atoms in total. The molecule has 0 heterocycles. The van der Waals surface area contributed by atoms with Gasteiger partial charge in [-0.05, 0) is 48.7 Å². The topological polar surface area (TPSA) is 12.0 Å². The Kier molecular flexibility index (Phi) is 5.00. The molecule has 0 fully saturated rings. The van der Waals surface area contributed by atoms with E-state index in [1.165, 1.54) is 16.7 Å². The Morgan fingerprint density at radius 1 is 1.11 bits per heavy atom. The van der Waals surface area contributed by atoms with E-state index in [-0.39, 0.29) is 0 Å². The van der Waals surface area contributed by atoms with E-state index in [4.69, 9.17) is 11.6 Å². The average molecular weight is 274 g/mol. The minimum atomic E-state index is 0.338. The first-order valence-corrected chi connectivity index (χ1v) is 7.12. The van der Waals surface area contributed by atoms with Gasteiger partial charge >= 0.3 is 0 Å². The molecule has 2 heteroatoms. The van der Waals surface area contributed by atoms with Crippen molar-refractivity contribution in [3.05, 3.63) is 70.2 Å². The zero-order valence-electron chi connectivity index (χ0n) is 11.5. The summed E-state index contributed by atoms with van der Waals surface area (Å²) in [5, 5.41) is 4.37. The lowest BCUT2D eigenvalue weighted by Crippen LogP contribution is -2.23. The third-order valence-corrected chi connectivity index (χ3v) is 3.58. The molecule has 0 radical (unpaired) electrons. The van der Waals surface area contributed by atoms with Gasteiger partial charge in [0.15, 0.2) is 0 Å². The van der Waals surface area contributed by atoms with Gasteiger partial charge in [0.25, 0.3) is 0 Å². The van der Waals surface area contributed by atoms with E-state index in [9.17, 15) is 0 Å². The molecule has 0 aliphatic rings. The number of likely N-dealkylation sites (N-methyl/N-ethyl adjacent to an activating group) is 1. The second-order valence-corrected chi connectivity index (χ2v) is 5.24. The normalized spacial score (nSPS) is 12.4. The summed E-state index contributed by atoms with van der Waals surface area (Å²) in [7, 11) is 0. The first-order valence-electron chi connectivity index (χ1n) is 6.74. The number of hydrogen-bond donors (Lipinski definition) is 1. The Bertz CT molecular complexity index is 536. The van der Waals surface area contributed by atoms with Gasteiger partial charge in [-0.1, -0.05) is 54.9 Å². The van der Waals surface area contributed by atoms with Crippen LogP contribution >= 0.6 is 11.6 Å². The number of rotatable bonds is 5. The lowest BCUT2D eigenvalue weighted by molar-refractivity contribution is 0.547. The van der Waals surface area contributed by atoms with Gasteiger partial charge in [-0.3, -0.25) is 0 Å². The molecule has 0 aromatic heterocycles. The van der Waals surface area contributed by atoms with E-state index >= 15 is 0 Å². The van der Waals surface area contributed by atoms with Gasteiger partial charge in [0, 0.05) is 11.1 Å². The zero-order chi connectivity index (χ0) is 13.7. The Hall–Kier alpha value is -1.31. The second-order valence-electron chi connectivity index (χ2n) is 4.80. The quantitative estimate of drug-likeness (QED) is 0.843. The predicted molar refractivity (Wildman–Crippen MR) is 82.8 cm³/mol. The molecule has 2 rings (SSSR count). The molecule has 2 aromatic carbocycles. The SMILES string of the molecule is CCNC(Cc1cccc(Cl)c1)c1ccccc1C. The summed E-state index contributed by atoms with van der Waals surface area (Å²) in [6.45, 7) is 5.26.